The van der Waals surface area contributed by atoms with Crippen molar-refractivity contribution < 1.29 is 4.79 Å². The summed E-state index contributed by atoms with van der Waals surface area (Å²) in [7, 11) is 4.00. The van der Waals surface area contributed by atoms with Crippen LogP contribution in [0, 0.1) is 6.92 Å². The summed E-state index contributed by atoms with van der Waals surface area (Å²) in [6.45, 7) is 2.31. The van der Waals surface area contributed by atoms with Crippen molar-refractivity contribution in [2.24, 2.45) is 0 Å². The van der Waals surface area contributed by atoms with Crippen LogP contribution in [0.2, 0.25) is 5.02 Å². The second kappa shape index (κ2) is 7.11. The average Bonchev–Trinajstić information content (AvgIpc) is 2.59. The second-order valence-electron chi connectivity index (χ2n) is 6.20. The summed E-state index contributed by atoms with van der Waals surface area (Å²) in [5.41, 5.74) is 4.28. The number of carbonyl (C=O) groups is 1. The largest absolute Gasteiger partial charge is 0.378 e. The molecule has 0 aliphatic rings. The van der Waals surface area contributed by atoms with Crippen molar-refractivity contribution in [2.45, 2.75) is 13.5 Å². The molecule has 0 aliphatic carbocycles. The van der Waals surface area contributed by atoms with Gasteiger partial charge in [0.25, 0.3) is 5.91 Å². The lowest BCUT2D eigenvalue weighted by molar-refractivity contribution is 0.0950. The molecule has 0 saturated carbocycles. The molecule has 0 aliphatic heterocycles. The van der Waals surface area contributed by atoms with Gasteiger partial charge in [0.2, 0.25) is 0 Å². The lowest BCUT2D eigenvalue weighted by atomic mass is 10.1. The molecule has 4 nitrogen and oxygen atoms in total. The molecule has 0 radical (unpaired) electrons. The van der Waals surface area contributed by atoms with Gasteiger partial charge in [0.1, 0.15) is 0 Å². The fourth-order valence-corrected chi connectivity index (χ4v) is 2.84. The third kappa shape index (κ3) is 3.91. The molecular formula is C20H20ClN3O. The maximum atomic E-state index is 12.6. The number of benzene rings is 2. The van der Waals surface area contributed by atoms with E-state index in [9.17, 15) is 4.79 Å². The fraction of sp³-hybridized carbons (Fsp3) is 0.200. The first-order chi connectivity index (χ1) is 11.9. The third-order valence-electron chi connectivity index (χ3n) is 4.12. The highest BCUT2D eigenvalue weighted by Crippen LogP contribution is 2.21. The predicted molar refractivity (Wildman–Crippen MR) is 103 cm³/mol. The van der Waals surface area contributed by atoms with Gasteiger partial charge in [0.15, 0.2) is 0 Å². The van der Waals surface area contributed by atoms with Gasteiger partial charge < -0.3 is 10.2 Å². The minimum absolute atomic E-state index is 0.136. The quantitative estimate of drug-likeness (QED) is 0.764. The first kappa shape index (κ1) is 17.2. The van der Waals surface area contributed by atoms with E-state index >= 15 is 0 Å². The Morgan fingerprint density at radius 1 is 1.12 bits per heavy atom. The van der Waals surface area contributed by atoms with Gasteiger partial charge in [-0.1, -0.05) is 23.7 Å². The lowest BCUT2D eigenvalue weighted by Gasteiger charge is -2.13. The number of anilines is 1. The van der Waals surface area contributed by atoms with Crippen molar-refractivity contribution in [3.05, 3.63) is 70.4 Å². The SMILES string of the molecule is Cc1nc2ccc(Cl)cc2cc1C(=O)NCc1ccc(N(C)C)cc1. The van der Waals surface area contributed by atoms with Crippen LogP contribution in [0.4, 0.5) is 5.69 Å². The predicted octanol–water partition coefficient (Wildman–Crippen LogP) is 4.19. The van der Waals surface area contributed by atoms with Crippen molar-refractivity contribution in [1.29, 1.82) is 0 Å². The summed E-state index contributed by atoms with van der Waals surface area (Å²) in [5.74, 6) is -0.136. The molecule has 0 unspecified atom stereocenters. The highest BCUT2D eigenvalue weighted by Gasteiger charge is 2.12. The Kier molecular flexibility index (Phi) is 4.91. The summed E-state index contributed by atoms with van der Waals surface area (Å²) < 4.78 is 0. The minimum atomic E-state index is -0.136. The first-order valence-corrected chi connectivity index (χ1v) is 8.43. The number of rotatable bonds is 4. The van der Waals surface area contributed by atoms with Crippen LogP contribution in [0.1, 0.15) is 21.6 Å². The summed E-state index contributed by atoms with van der Waals surface area (Å²) in [4.78, 5) is 19.1. The number of halogens is 1. The highest BCUT2D eigenvalue weighted by molar-refractivity contribution is 6.31. The van der Waals surface area contributed by atoms with E-state index in [0.717, 1.165) is 22.2 Å². The van der Waals surface area contributed by atoms with Gasteiger partial charge in [-0.05, 0) is 48.9 Å². The number of aryl methyl sites for hydroxylation is 1. The van der Waals surface area contributed by atoms with E-state index in [-0.39, 0.29) is 5.91 Å². The Labute approximate surface area is 152 Å². The zero-order chi connectivity index (χ0) is 18.0. The monoisotopic (exact) mass is 353 g/mol. The molecule has 3 rings (SSSR count). The molecule has 0 bridgehead atoms. The molecule has 0 atom stereocenters. The molecule has 0 saturated heterocycles. The van der Waals surface area contributed by atoms with Crippen LogP contribution in [-0.2, 0) is 6.54 Å². The standard InChI is InChI=1S/C20H20ClN3O/c1-13-18(11-15-10-16(21)6-9-19(15)23-13)20(25)22-12-14-4-7-17(8-5-14)24(2)3/h4-11H,12H2,1-3H3,(H,22,25). The van der Waals surface area contributed by atoms with E-state index in [2.05, 4.69) is 10.3 Å². The van der Waals surface area contributed by atoms with Crippen molar-refractivity contribution in [1.82, 2.24) is 10.3 Å². The van der Waals surface area contributed by atoms with E-state index in [0.29, 0.717) is 22.8 Å². The van der Waals surface area contributed by atoms with Crippen LogP contribution in [0.5, 0.6) is 0 Å². The van der Waals surface area contributed by atoms with Crippen LogP contribution in [0.15, 0.2) is 48.5 Å². The van der Waals surface area contributed by atoms with Crippen LogP contribution in [0.25, 0.3) is 10.9 Å². The molecule has 1 heterocycles. The number of carbonyl (C=O) groups excluding carboxylic acids is 1. The molecular weight excluding hydrogens is 334 g/mol. The molecule has 0 spiro atoms. The Bertz CT molecular complexity index is 920. The van der Waals surface area contributed by atoms with E-state index < -0.39 is 0 Å². The molecule has 3 aromatic rings. The molecule has 0 fully saturated rings. The Morgan fingerprint density at radius 2 is 1.84 bits per heavy atom. The molecule has 25 heavy (non-hydrogen) atoms. The van der Waals surface area contributed by atoms with Gasteiger partial charge >= 0.3 is 0 Å². The number of hydrogen-bond donors (Lipinski definition) is 1. The van der Waals surface area contributed by atoms with E-state index in [1.165, 1.54) is 0 Å². The molecule has 1 amide bonds. The van der Waals surface area contributed by atoms with Crippen molar-refractivity contribution in [2.75, 3.05) is 19.0 Å². The van der Waals surface area contributed by atoms with E-state index in [1.54, 1.807) is 6.07 Å². The van der Waals surface area contributed by atoms with Crippen LogP contribution in [0.3, 0.4) is 0 Å². The second-order valence-corrected chi connectivity index (χ2v) is 6.64. The van der Waals surface area contributed by atoms with Crippen molar-refractivity contribution in [3.63, 3.8) is 0 Å². The number of fused-ring (bicyclic) bond motifs is 1. The number of amides is 1. The topological polar surface area (TPSA) is 45.2 Å². The van der Waals surface area contributed by atoms with Gasteiger partial charge in [0.05, 0.1) is 16.8 Å². The summed E-state index contributed by atoms with van der Waals surface area (Å²) in [6.07, 6.45) is 0. The van der Waals surface area contributed by atoms with Gasteiger partial charge in [-0.3, -0.25) is 9.78 Å². The first-order valence-electron chi connectivity index (χ1n) is 8.05. The number of hydrogen-bond acceptors (Lipinski definition) is 3. The third-order valence-corrected chi connectivity index (χ3v) is 4.35. The normalized spacial score (nSPS) is 10.7. The van der Waals surface area contributed by atoms with E-state index in [4.69, 9.17) is 11.6 Å². The molecule has 2 aromatic carbocycles. The Hall–Kier alpha value is -2.59. The molecule has 5 heteroatoms. The number of pyridine rings is 1. The van der Waals surface area contributed by atoms with Crippen molar-refractivity contribution >= 4 is 34.1 Å². The zero-order valence-corrected chi connectivity index (χ0v) is 15.3. The summed E-state index contributed by atoms with van der Waals surface area (Å²) >= 11 is 6.03. The highest BCUT2D eigenvalue weighted by atomic mass is 35.5. The summed E-state index contributed by atoms with van der Waals surface area (Å²) in [6, 6.07) is 15.4. The van der Waals surface area contributed by atoms with Crippen LogP contribution in [-0.4, -0.2) is 25.0 Å². The lowest BCUT2D eigenvalue weighted by Crippen LogP contribution is -2.24. The van der Waals surface area contributed by atoms with Gasteiger partial charge in [-0.25, -0.2) is 0 Å². The fourth-order valence-electron chi connectivity index (χ4n) is 2.66. The number of nitrogens with zero attached hydrogens (tertiary/aromatic N) is 2. The van der Waals surface area contributed by atoms with Crippen LogP contribution < -0.4 is 10.2 Å². The summed E-state index contributed by atoms with van der Waals surface area (Å²) in [5, 5.41) is 4.45. The smallest absolute Gasteiger partial charge is 0.253 e. The Balaban J connectivity index is 1.76. The minimum Gasteiger partial charge on any atom is -0.378 e. The van der Waals surface area contributed by atoms with Gasteiger partial charge in [-0.2, -0.15) is 0 Å². The number of aromatic nitrogens is 1. The maximum absolute atomic E-state index is 12.6. The number of nitrogens with one attached hydrogen (secondary N) is 1. The molecule has 128 valence electrons. The Morgan fingerprint density at radius 3 is 2.52 bits per heavy atom. The average molecular weight is 354 g/mol. The molecule has 1 N–H and O–H groups in total. The molecule has 1 aromatic heterocycles. The maximum Gasteiger partial charge on any atom is 0.253 e. The van der Waals surface area contributed by atoms with Gasteiger partial charge in [-0.15, -0.1) is 0 Å². The zero-order valence-electron chi connectivity index (χ0n) is 14.5. The van der Waals surface area contributed by atoms with Crippen molar-refractivity contribution in [3.8, 4) is 0 Å². The van der Waals surface area contributed by atoms with Crippen LogP contribution >= 0.6 is 11.6 Å². The van der Waals surface area contributed by atoms with Gasteiger partial charge in [0, 0.05) is 36.7 Å². The van der Waals surface area contributed by atoms with E-state index in [1.807, 2.05) is 68.4 Å².